The van der Waals surface area contributed by atoms with Crippen LogP contribution < -0.4 is 0 Å². The number of likely N-dealkylation sites (tertiary alicyclic amines) is 1. The third-order valence-corrected chi connectivity index (χ3v) is 1.81. The van der Waals surface area contributed by atoms with Crippen LogP contribution in [0.4, 0.5) is 0 Å². The maximum Gasteiger partial charge on any atom is 0.317 e. The van der Waals surface area contributed by atoms with Gasteiger partial charge in [0.15, 0.2) is 0 Å². The van der Waals surface area contributed by atoms with Crippen molar-refractivity contribution >= 4 is 18.4 Å². The number of carbonyl (C=O) groups is 1. The van der Waals surface area contributed by atoms with Gasteiger partial charge in [-0.25, -0.2) is 0 Å². The summed E-state index contributed by atoms with van der Waals surface area (Å²) in [4.78, 5) is 12.2. The summed E-state index contributed by atoms with van der Waals surface area (Å²) in [6.45, 7) is 2.15. The lowest BCUT2D eigenvalue weighted by atomic mass is 10.1. The van der Waals surface area contributed by atoms with Crippen molar-refractivity contribution in [3.05, 3.63) is 0 Å². The Hall–Kier alpha value is -0.280. The van der Waals surface area contributed by atoms with E-state index in [0.717, 1.165) is 25.9 Å². The number of aliphatic carboxylic acids is 1. The number of rotatable bonds is 2. The number of halogens is 1. The van der Waals surface area contributed by atoms with Gasteiger partial charge in [-0.3, -0.25) is 9.69 Å². The Morgan fingerprint density at radius 2 is 1.82 bits per heavy atom. The summed E-state index contributed by atoms with van der Waals surface area (Å²) in [7, 11) is 0. The van der Waals surface area contributed by atoms with Crippen LogP contribution in [0.25, 0.3) is 0 Å². The molecule has 1 saturated heterocycles. The fourth-order valence-electron chi connectivity index (χ4n) is 1.31. The largest absolute Gasteiger partial charge is 0.480 e. The fraction of sp³-hybridized carbons (Fsp3) is 0.857. The Labute approximate surface area is 72.8 Å². The van der Waals surface area contributed by atoms with Crippen molar-refractivity contribution in [2.45, 2.75) is 19.3 Å². The standard InChI is InChI=1S/C7H13NO2.ClH/c9-7(10)6-8-4-2-1-3-5-8;/h1-6H2,(H,9,10);1H. The molecule has 0 atom stereocenters. The molecule has 0 aliphatic carbocycles. The average Bonchev–Trinajstić information content (AvgIpc) is 1.88. The highest BCUT2D eigenvalue weighted by Crippen LogP contribution is 2.07. The van der Waals surface area contributed by atoms with E-state index >= 15 is 0 Å². The van der Waals surface area contributed by atoms with E-state index in [9.17, 15) is 4.79 Å². The molecule has 1 rings (SSSR count). The Morgan fingerprint density at radius 1 is 1.27 bits per heavy atom. The summed E-state index contributed by atoms with van der Waals surface area (Å²) in [5, 5.41) is 8.42. The van der Waals surface area contributed by atoms with Gasteiger partial charge in [-0.1, -0.05) is 6.42 Å². The minimum Gasteiger partial charge on any atom is -0.480 e. The van der Waals surface area contributed by atoms with Gasteiger partial charge in [0.25, 0.3) is 0 Å². The lowest BCUT2D eigenvalue weighted by Gasteiger charge is -2.24. The number of carboxylic acid groups (broad SMARTS) is 1. The van der Waals surface area contributed by atoms with Crippen LogP contribution in [0.1, 0.15) is 19.3 Å². The molecule has 0 radical (unpaired) electrons. The van der Waals surface area contributed by atoms with Gasteiger partial charge in [0.1, 0.15) is 0 Å². The minimum absolute atomic E-state index is 0. The summed E-state index contributed by atoms with van der Waals surface area (Å²) in [6.07, 6.45) is 3.58. The van der Waals surface area contributed by atoms with Crippen molar-refractivity contribution in [2.24, 2.45) is 0 Å². The van der Waals surface area contributed by atoms with E-state index in [0.29, 0.717) is 0 Å². The predicted octanol–water partition coefficient (Wildman–Crippen LogP) is 0.979. The molecule has 66 valence electrons. The van der Waals surface area contributed by atoms with E-state index in [2.05, 4.69) is 0 Å². The predicted molar refractivity (Wildman–Crippen MR) is 45.2 cm³/mol. The highest BCUT2D eigenvalue weighted by molar-refractivity contribution is 5.85. The molecule has 1 fully saturated rings. The zero-order valence-electron chi connectivity index (χ0n) is 6.45. The normalized spacial score (nSPS) is 18.9. The first kappa shape index (κ1) is 10.7. The quantitative estimate of drug-likeness (QED) is 0.687. The maximum atomic E-state index is 10.2. The Bertz CT molecular complexity index is 124. The van der Waals surface area contributed by atoms with Crippen molar-refractivity contribution in [2.75, 3.05) is 19.6 Å². The van der Waals surface area contributed by atoms with E-state index < -0.39 is 5.97 Å². The molecule has 1 aliphatic heterocycles. The van der Waals surface area contributed by atoms with Gasteiger partial charge in [-0.2, -0.15) is 0 Å². The summed E-state index contributed by atoms with van der Waals surface area (Å²) < 4.78 is 0. The molecule has 0 saturated carbocycles. The monoisotopic (exact) mass is 179 g/mol. The molecule has 0 spiro atoms. The first-order valence-electron chi connectivity index (χ1n) is 3.73. The van der Waals surface area contributed by atoms with Crippen LogP contribution in [0.15, 0.2) is 0 Å². The second-order valence-corrected chi connectivity index (χ2v) is 2.73. The smallest absolute Gasteiger partial charge is 0.317 e. The molecule has 1 aliphatic rings. The lowest BCUT2D eigenvalue weighted by Crippen LogP contribution is -2.34. The number of hydrogen-bond donors (Lipinski definition) is 1. The van der Waals surface area contributed by atoms with Gasteiger partial charge >= 0.3 is 5.97 Å². The van der Waals surface area contributed by atoms with E-state index in [1.165, 1.54) is 6.42 Å². The van der Waals surface area contributed by atoms with Gasteiger partial charge < -0.3 is 5.11 Å². The Balaban J connectivity index is 0.000001000. The molecule has 0 aromatic carbocycles. The second kappa shape index (κ2) is 5.38. The van der Waals surface area contributed by atoms with Crippen molar-refractivity contribution in [3.8, 4) is 0 Å². The molecule has 0 aromatic rings. The topological polar surface area (TPSA) is 40.5 Å². The van der Waals surface area contributed by atoms with Crippen LogP contribution >= 0.6 is 12.4 Å². The van der Waals surface area contributed by atoms with E-state index in [1.807, 2.05) is 4.90 Å². The molecule has 0 bridgehead atoms. The first-order chi connectivity index (χ1) is 4.79. The van der Waals surface area contributed by atoms with Gasteiger partial charge in [0.05, 0.1) is 6.54 Å². The number of piperidine rings is 1. The number of hydrogen-bond acceptors (Lipinski definition) is 2. The first-order valence-corrected chi connectivity index (χ1v) is 3.73. The van der Waals surface area contributed by atoms with E-state index in [1.54, 1.807) is 0 Å². The SMILES string of the molecule is Cl.O=C(O)CN1CCCCC1. The zero-order chi connectivity index (χ0) is 7.40. The van der Waals surface area contributed by atoms with Gasteiger partial charge in [-0.05, 0) is 25.9 Å². The summed E-state index contributed by atoms with van der Waals surface area (Å²) in [5.74, 6) is -0.707. The summed E-state index contributed by atoms with van der Waals surface area (Å²) in [5.41, 5.74) is 0. The maximum absolute atomic E-state index is 10.2. The molecule has 3 nitrogen and oxygen atoms in total. The molecule has 4 heteroatoms. The van der Waals surface area contributed by atoms with Crippen LogP contribution in [0.5, 0.6) is 0 Å². The van der Waals surface area contributed by atoms with Gasteiger partial charge in [0.2, 0.25) is 0 Å². The van der Waals surface area contributed by atoms with Crippen LogP contribution in [-0.2, 0) is 4.79 Å². The van der Waals surface area contributed by atoms with Gasteiger partial charge in [0, 0.05) is 0 Å². The van der Waals surface area contributed by atoms with Crippen LogP contribution in [-0.4, -0.2) is 35.6 Å². The van der Waals surface area contributed by atoms with E-state index in [4.69, 9.17) is 5.11 Å². The van der Waals surface area contributed by atoms with Crippen molar-refractivity contribution in [3.63, 3.8) is 0 Å². The minimum atomic E-state index is -0.707. The van der Waals surface area contributed by atoms with Crippen molar-refractivity contribution in [1.82, 2.24) is 4.90 Å². The highest BCUT2D eigenvalue weighted by atomic mass is 35.5. The number of nitrogens with zero attached hydrogens (tertiary/aromatic N) is 1. The molecule has 1 N–H and O–H groups in total. The summed E-state index contributed by atoms with van der Waals surface area (Å²) in [6, 6.07) is 0. The highest BCUT2D eigenvalue weighted by Gasteiger charge is 2.11. The molecule has 11 heavy (non-hydrogen) atoms. The van der Waals surface area contributed by atoms with Crippen LogP contribution in [0, 0.1) is 0 Å². The van der Waals surface area contributed by atoms with Crippen LogP contribution in [0.3, 0.4) is 0 Å². The molecular formula is C7H14ClNO2. The third-order valence-electron chi connectivity index (χ3n) is 1.81. The van der Waals surface area contributed by atoms with Crippen molar-refractivity contribution < 1.29 is 9.90 Å². The molecule has 1 heterocycles. The van der Waals surface area contributed by atoms with Crippen LogP contribution in [0.2, 0.25) is 0 Å². The molecule has 0 amide bonds. The average molecular weight is 180 g/mol. The summed E-state index contributed by atoms with van der Waals surface area (Å²) >= 11 is 0. The second-order valence-electron chi connectivity index (χ2n) is 2.73. The third kappa shape index (κ3) is 4.22. The zero-order valence-corrected chi connectivity index (χ0v) is 7.27. The Morgan fingerprint density at radius 3 is 2.27 bits per heavy atom. The molecule has 0 unspecified atom stereocenters. The number of carboxylic acids is 1. The fourth-order valence-corrected chi connectivity index (χ4v) is 1.31. The lowest BCUT2D eigenvalue weighted by molar-refractivity contribution is -0.138. The Kier molecular flexibility index (Phi) is 5.24. The van der Waals surface area contributed by atoms with E-state index in [-0.39, 0.29) is 19.0 Å². The van der Waals surface area contributed by atoms with Gasteiger partial charge in [-0.15, -0.1) is 12.4 Å². The molecule has 0 aromatic heterocycles. The van der Waals surface area contributed by atoms with Crippen molar-refractivity contribution in [1.29, 1.82) is 0 Å². The molecular weight excluding hydrogens is 166 g/mol.